The Morgan fingerprint density at radius 3 is 2.07 bits per heavy atom. The van der Waals surface area contributed by atoms with Gasteiger partial charge in [-0.25, -0.2) is 0 Å². The van der Waals surface area contributed by atoms with Crippen LogP contribution >= 0.6 is 0 Å². The molecule has 0 saturated carbocycles. The first-order valence-electron chi connectivity index (χ1n) is 5.43. The van der Waals surface area contributed by atoms with Crippen LogP contribution < -0.4 is 0 Å². The first-order chi connectivity index (χ1) is 6.66. The van der Waals surface area contributed by atoms with Gasteiger partial charge in [0.1, 0.15) is 0 Å². The Bertz CT molecular complexity index is 359. The van der Waals surface area contributed by atoms with E-state index in [1.165, 1.54) is 23.1 Å². The monoisotopic (exact) mass is 186 g/mol. The summed E-state index contributed by atoms with van der Waals surface area (Å²) in [6, 6.07) is 0. The molecule has 0 aliphatic heterocycles. The van der Waals surface area contributed by atoms with Crippen LogP contribution in [0.25, 0.3) is 0 Å². The van der Waals surface area contributed by atoms with Crippen molar-refractivity contribution in [3.63, 3.8) is 0 Å². The summed E-state index contributed by atoms with van der Waals surface area (Å²) in [6.07, 6.45) is 11.4. The van der Waals surface area contributed by atoms with Crippen LogP contribution in [0, 0.1) is 5.92 Å². The van der Waals surface area contributed by atoms with Gasteiger partial charge < -0.3 is 0 Å². The zero-order valence-corrected chi connectivity index (χ0v) is 9.30. The van der Waals surface area contributed by atoms with Gasteiger partial charge in [0.2, 0.25) is 0 Å². The molecule has 0 aromatic carbocycles. The van der Waals surface area contributed by atoms with Crippen LogP contribution in [-0.4, -0.2) is 0 Å². The van der Waals surface area contributed by atoms with Crippen LogP contribution in [0.5, 0.6) is 0 Å². The molecule has 2 rings (SSSR count). The van der Waals surface area contributed by atoms with E-state index in [1.54, 1.807) is 5.57 Å². The van der Waals surface area contributed by atoms with Crippen LogP contribution in [-0.2, 0) is 0 Å². The van der Waals surface area contributed by atoms with Crippen molar-refractivity contribution < 1.29 is 0 Å². The fraction of sp³-hybridized carbons (Fsp3) is 0.429. The summed E-state index contributed by atoms with van der Waals surface area (Å²) >= 11 is 0. The van der Waals surface area contributed by atoms with Crippen LogP contribution in [0.4, 0.5) is 0 Å². The molecule has 0 aromatic rings. The van der Waals surface area contributed by atoms with E-state index in [2.05, 4.69) is 45.1 Å². The van der Waals surface area contributed by atoms with E-state index in [0.717, 1.165) is 6.42 Å². The van der Waals surface area contributed by atoms with Gasteiger partial charge in [0, 0.05) is 0 Å². The van der Waals surface area contributed by atoms with E-state index in [9.17, 15) is 0 Å². The SMILES string of the molecule is CC1=CC=C(C2=CC=C(C(C)C)C2)C1. The molecule has 0 spiro atoms. The highest BCUT2D eigenvalue weighted by molar-refractivity contribution is 5.49. The van der Waals surface area contributed by atoms with Gasteiger partial charge in [-0.05, 0) is 36.8 Å². The molecule has 2 aliphatic carbocycles. The second kappa shape index (κ2) is 3.61. The highest BCUT2D eigenvalue weighted by Gasteiger charge is 2.16. The quantitative estimate of drug-likeness (QED) is 0.607. The molecular formula is C14H18. The Morgan fingerprint density at radius 1 is 0.929 bits per heavy atom. The maximum Gasteiger partial charge on any atom is -0.00586 e. The summed E-state index contributed by atoms with van der Waals surface area (Å²) in [5.41, 5.74) is 6.11. The van der Waals surface area contributed by atoms with Crippen molar-refractivity contribution in [3.05, 3.63) is 46.6 Å². The van der Waals surface area contributed by atoms with Crippen molar-refractivity contribution in [1.82, 2.24) is 0 Å². The molecule has 0 amide bonds. The molecule has 14 heavy (non-hydrogen) atoms. The van der Waals surface area contributed by atoms with E-state index in [4.69, 9.17) is 0 Å². The molecule has 0 fully saturated rings. The molecule has 0 heterocycles. The lowest BCUT2D eigenvalue weighted by atomic mass is 9.96. The maximum atomic E-state index is 2.30. The standard InChI is InChI=1S/C14H18/c1-10(2)12-6-7-14(9-12)13-5-4-11(3)8-13/h4-7,10H,8-9H2,1-3H3. The van der Waals surface area contributed by atoms with Gasteiger partial charge in [0.25, 0.3) is 0 Å². The summed E-state index contributed by atoms with van der Waals surface area (Å²) in [5, 5.41) is 0. The Hall–Kier alpha value is -1.04. The van der Waals surface area contributed by atoms with Gasteiger partial charge in [0.15, 0.2) is 0 Å². The van der Waals surface area contributed by atoms with E-state index in [1.807, 2.05) is 0 Å². The van der Waals surface area contributed by atoms with Gasteiger partial charge in [-0.3, -0.25) is 0 Å². The molecule has 0 unspecified atom stereocenters. The molecule has 0 heteroatoms. The van der Waals surface area contributed by atoms with Crippen molar-refractivity contribution in [2.24, 2.45) is 5.92 Å². The Morgan fingerprint density at radius 2 is 1.57 bits per heavy atom. The van der Waals surface area contributed by atoms with E-state index < -0.39 is 0 Å². The minimum Gasteiger partial charge on any atom is -0.0689 e. The number of allylic oxidation sites excluding steroid dienone is 8. The van der Waals surface area contributed by atoms with Crippen molar-refractivity contribution in [2.45, 2.75) is 33.6 Å². The molecule has 2 aliphatic rings. The zero-order chi connectivity index (χ0) is 10.1. The first-order valence-corrected chi connectivity index (χ1v) is 5.43. The first kappa shape index (κ1) is 9.51. The molecule has 74 valence electrons. The third-order valence-electron chi connectivity index (χ3n) is 3.09. The normalized spacial score (nSPS) is 20.9. The summed E-state index contributed by atoms with van der Waals surface area (Å²) in [4.78, 5) is 0. The molecule has 0 nitrogen and oxygen atoms in total. The predicted molar refractivity (Wildman–Crippen MR) is 62.1 cm³/mol. The Kier molecular flexibility index (Phi) is 2.45. The van der Waals surface area contributed by atoms with Crippen molar-refractivity contribution in [1.29, 1.82) is 0 Å². The van der Waals surface area contributed by atoms with Gasteiger partial charge in [-0.1, -0.05) is 49.3 Å². The highest BCUT2D eigenvalue weighted by Crippen LogP contribution is 2.34. The van der Waals surface area contributed by atoms with E-state index in [-0.39, 0.29) is 0 Å². The molecular weight excluding hydrogens is 168 g/mol. The third kappa shape index (κ3) is 1.75. The van der Waals surface area contributed by atoms with Gasteiger partial charge >= 0.3 is 0 Å². The topological polar surface area (TPSA) is 0 Å². The summed E-state index contributed by atoms with van der Waals surface area (Å²) in [5.74, 6) is 0.694. The van der Waals surface area contributed by atoms with Crippen LogP contribution in [0.1, 0.15) is 33.6 Å². The Labute approximate surface area is 86.7 Å². The minimum absolute atomic E-state index is 0.694. The van der Waals surface area contributed by atoms with Gasteiger partial charge in [-0.2, -0.15) is 0 Å². The number of hydrogen-bond donors (Lipinski definition) is 0. The van der Waals surface area contributed by atoms with Crippen LogP contribution in [0.3, 0.4) is 0 Å². The second-order valence-corrected chi connectivity index (χ2v) is 4.65. The van der Waals surface area contributed by atoms with Gasteiger partial charge in [-0.15, -0.1) is 0 Å². The minimum atomic E-state index is 0.694. The molecule has 0 radical (unpaired) electrons. The predicted octanol–water partition coefficient (Wildman–Crippen LogP) is 4.18. The fourth-order valence-electron chi connectivity index (χ4n) is 2.04. The van der Waals surface area contributed by atoms with Gasteiger partial charge in [0.05, 0.1) is 0 Å². The lowest BCUT2D eigenvalue weighted by molar-refractivity contribution is 0.747. The van der Waals surface area contributed by atoms with Crippen molar-refractivity contribution in [3.8, 4) is 0 Å². The van der Waals surface area contributed by atoms with Crippen LogP contribution in [0.15, 0.2) is 46.6 Å². The Balaban J connectivity index is 2.00. The molecule has 0 bridgehead atoms. The average molecular weight is 186 g/mol. The van der Waals surface area contributed by atoms with E-state index in [0.29, 0.717) is 5.92 Å². The number of hydrogen-bond acceptors (Lipinski definition) is 0. The lowest BCUT2D eigenvalue weighted by Crippen LogP contribution is -1.93. The summed E-state index contributed by atoms with van der Waals surface area (Å²) in [7, 11) is 0. The van der Waals surface area contributed by atoms with E-state index >= 15 is 0 Å². The lowest BCUT2D eigenvalue weighted by Gasteiger charge is -2.09. The van der Waals surface area contributed by atoms with Crippen molar-refractivity contribution in [2.75, 3.05) is 0 Å². The number of rotatable bonds is 2. The molecule has 0 atom stereocenters. The zero-order valence-electron chi connectivity index (χ0n) is 9.30. The summed E-state index contributed by atoms with van der Waals surface area (Å²) in [6.45, 7) is 6.75. The largest absolute Gasteiger partial charge is 0.0689 e. The maximum absolute atomic E-state index is 2.30. The third-order valence-corrected chi connectivity index (χ3v) is 3.09. The smallest absolute Gasteiger partial charge is 0.00586 e. The fourth-order valence-corrected chi connectivity index (χ4v) is 2.04. The average Bonchev–Trinajstić information content (AvgIpc) is 2.70. The van der Waals surface area contributed by atoms with Crippen LogP contribution in [0.2, 0.25) is 0 Å². The van der Waals surface area contributed by atoms with Crippen molar-refractivity contribution >= 4 is 0 Å². The molecule has 0 saturated heterocycles. The summed E-state index contributed by atoms with van der Waals surface area (Å²) < 4.78 is 0. The second-order valence-electron chi connectivity index (χ2n) is 4.65. The highest BCUT2D eigenvalue weighted by atomic mass is 14.2. The molecule has 0 aromatic heterocycles. The molecule has 0 N–H and O–H groups in total.